The normalized spacial score (nSPS) is 15.0. The second-order valence-corrected chi connectivity index (χ2v) is 8.82. The van der Waals surface area contributed by atoms with Crippen LogP contribution in [0.5, 0.6) is 5.75 Å². The Kier molecular flexibility index (Phi) is 7.57. The Balaban J connectivity index is 1.56. The molecule has 4 rings (SSSR count). The van der Waals surface area contributed by atoms with E-state index >= 15 is 0 Å². The van der Waals surface area contributed by atoms with E-state index in [2.05, 4.69) is 10.3 Å². The minimum absolute atomic E-state index is 0.0302. The van der Waals surface area contributed by atoms with E-state index in [0.29, 0.717) is 43.9 Å². The lowest BCUT2D eigenvalue weighted by Crippen LogP contribution is -2.46. The van der Waals surface area contributed by atoms with Gasteiger partial charge in [0.1, 0.15) is 5.75 Å². The van der Waals surface area contributed by atoms with Crippen molar-refractivity contribution < 1.29 is 19.1 Å². The van der Waals surface area contributed by atoms with Crippen LogP contribution in [0.4, 0.5) is 5.69 Å². The highest BCUT2D eigenvalue weighted by Gasteiger charge is 2.30. The predicted molar refractivity (Wildman–Crippen MR) is 139 cm³/mol. The van der Waals surface area contributed by atoms with Gasteiger partial charge in [-0.25, -0.2) is 4.99 Å². The van der Waals surface area contributed by atoms with Gasteiger partial charge >= 0.3 is 0 Å². The number of halogens is 2. The van der Waals surface area contributed by atoms with Crippen molar-refractivity contribution in [2.45, 2.75) is 12.6 Å². The number of para-hydroxylation sites is 1. The summed E-state index contributed by atoms with van der Waals surface area (Å²) in [7, 11) is 1.63. The molecule has 0 saturated carbocycles. The number of hydrogen-bond acceptors (Lipinski definition) is 5. The van der Waals surface area contributed by atoms with E-state index in [-0.39, 0.29) is 13.0 Å². The zero-order chi connectivity index (χ0) is 25.8. The number of carbonyl (C=O) groups is 3. The number of amides is 3. The van der Waals surface area contributed by atoms with Crippen LogP contribution < -0.4 is 20.7 Å². The maximum absolute atomic E-state index is 13.2. The van der Waals surface area contributed by atoms with Crippen LogP contribution in [0.15, 0.2) is 71.7 Å². The Hall–Kier alpha value is -3.88. The van der Waals surface area contributed by atoms with Crippen molar-refractivity contribution >= 4 is 52.3 Å². The summed E-state index contributed by atoms with van der Waals surface area (Å²) in [4.78, 5) is 43.5. The number of nitrogens with one attached hydrogen (secondary N) is 1. The third kappa shape index (κ3) is 5.50. The fourth-order valence-electron chi connectivity index (χ4n) is 3.71. The van der Waals surface area contributed by atoms with Crippen LogP contribution in [0, 0.1) is 0 Å². The van der Waals surface area contributed by atoms with Crippen LogP contribution in [-0.2, 0) is 9.59 Å². The number of benzodiazepines with no additional fused rings is 1. The Morgan fingerprint density at radius 2 is 1.81 bits per heavy atom. The van der Waals surface area contributed by atoms with Crippen molar-refractivity contribution in [2.24, 2.45) is 10.7 Å². The first-order valence-corrected chi connectivity index (χ1v) is 11.7. The van der Waals surface area contributed by atoms with Gasteiger partial charge in [0.25, 0.3) is 5.91 Å². The molecule has 0 aromatic heterocycles. The lowest BCUT2D eigenvalue weighted by molar-refractivity contribution is -0.127. The van der Waals surface area contributed by atoms with Crippen LogP contribution in [0.3, 0.4) is 0 Å². The second-order valence-electron chi connectivity index (χ2n) is 7.98. The van der Waals surface area contributed by atoms with E-state index in [0.717, 1.165) is 0 Å². The SMILES string of the molecule is CN1C(=O)C(NC(=O)CCOc2ccc(Cl)cc2Cl)N=C(c2ccc(C(N)=O)cc2)c2ccccc21. The summed E-state index contributed by atoms with van der Waals surface area (Å²) in [5, 5.41) is 3.49. The van der Waals surface area contributed by atoms with Crippen molar-refractivity contribution in [1.82, 2.24) is 5.32 Å². The van der Waals surface area contributed by atoms with Gasteiger partial charge < -0.3 is 20.7 Å². The lowest BCUT2D eigenvalue weighted by Gasteiger charge is -2.20. The molecule has 3 N–H and O–H groups in total. The smallest absolute Gasteiger partial charge is 0.272 e. The molecule has 1 aliphatic rings. The van der Waals surface area contributed by atoms with Gasteiger partial charge in [0.05, 0.1) is 29.4 Å². The quantitative estimate of drug-likeness (QED) is 0.488. The fraction of sp³-hybridized carbons (Fsp3) is 0.154. The molecule has 0 aliphatic carbocycles. The number of ether oxygens (including phenoxy) is 1. The molecule has 1 aliphatic heterocycles. The summed E-state index contributed by atoms with van der Waals surface area (Å²) in [6.07, 6.45) is -1.20. The van der Waals surface area contributed by atoms with Gasteiger partial charge in [-0.15, -0.1) is 0 Å². The molecule has 3 aromatic carbocycles. The van der Waals surface area contributed by atoms with E-state index in [4.69, 9.17) is 33.7 Å². The number of benzene rings is 3. The van der Waals surface area contributed by atoms with Gasteiger partial charge in [-0.05, 0) is 36.4 Å². The van der Waals surface area contributed by atoms with Crippen molar-refractivity contribution in [2.75, 3.05) is 18.6 Å². The molecule has 36 heavy (non-hydrogen) atoms. The van der Waals surface area contributed by atoms with Gasteiger partial charge in [-0.3, -0.25) is 14.4 Å². The highest BCUT2D eigenvalue weighted by Crippen LogP contribution is 2.28. The van der Waals surface area contributed by atoms with E-state index in [1.807, 2.05) is 18.2 Å². The molecule has 3 amide bonds. The number of nitrogens with two attached hydrogens (primary N) is 1. The summed E-state index contributed by atoms with van der Waals surface area (Å²) < 4.78 is 5.58. The summed E-state index contributed by atoms with van der Waals surface area (Å²) in [6, 6.07) is 18.7. The number of carbonyl (C=O) groups excluding carboxylic acids is 3. The summed E-state index contributed by atoms with van der Waals surface area (Å²) in [6.45, 7) is 0.0370. The number of nitrogens with zero attached hydrogens (tertiary/aromatic N) is 2. The van der Waals surface area contributed by atoms with Gasteiger partial charge in [0.15, 0.2) is 0 Å². The Labute approximate surface area is 217 Å². The van der Waals surface area contributed by atoms with Gasteiger partial charge in [0, 0.05) is 28.8 Å². The number of likely N-dealkylation sites (N-methyl/N-ethyl adjacent to an activating group) is 1. The fourth-order valence-corrected chi connectivity index (χ4v) is 4.17. The number of primary amides is 1. The topological polar surface area (TPSA) is 114 Å². The van der Waals surface area contributed by atoms with E-state index in [1.165, 1.54) is 4.90 Å². The maximum atomic E-state index is 13.2. The van der Waals surface area contributed by atoms with Crippen LogP contribution in [0.25, 0.3) is 0 Å². The first kappa shape index (κ1) is 25.2. The van der Waals surface area contributed by atoms with E-state index < -0.39 is 23.9 Å². The second kappa shape index (κ2) is 10.8. The number of hydrogen-bond donors (Lipinski definition) is 2. The molecule has 0 spiro atoms. The molecule has 10 heteroatoms. The Bertz CT molecular complexity index is 1360. The Morgan fingerprint density at radius 3 is 2.50 bits per heavy atom. The zero-order valence-corrected chi connectivity index (χ0v) is 20.7. The third-order valence-electron chi connectivity index (χ3n) is 5.56. The van der Waals surface area contributed by atoms with Crippen LogP contribution in [-0.4, -0.2) is 43.3 Å². The molecule has 0 fully saturated rings. The minimum atomic E-state index is -1.17. The molecule has 0 radical (unpaired) electrons. The van der Waals surface area contributed by atoms with Crippen LogP contribution in [0.2, 0.25) is 10.0 Å². The highest BCUT2D eigenvalue weighted by atomic mass is 35.5. The standard InChI is InChI=1S/C26H22Cl2N4O4/c1-32-20-5-3-2-4-18(20)23(15-6-8-16(9-7-15)24(29)34)31-25(26(32)35)30-22(33)12-13-36-21-11-10-17(27)14-19(21)28/h2-11,14,25H,12-13H2,1H3,(H2,29,34)(H,30,33). The monoisotopic (exact) mass is 524 g/mol. The summed E-state index contributed by atoms with van der Waals surface area (Å²) in [5.74, 6) is -0.979. The van der Waals surface area contributed by atoms with Crippen molar-refractivity contribution in [1.29, 1.82) is 0 Å². The van der Waals surface area contributed by atoms with E-state index in [1.54, 1.807) is 55.6 Å². The van der Waals surface area contributed by atoms with Crippen LogP contribution >= 0.6 is 23.2 Å². The van der Waals surface area contributed by atoms with Gasteiger partial charge in [-0.1, -0.05) is 53.5 Å². The molecular weight excluding hydrogens is 503 g/mol. The molecule has 8 nitrogen and oxygen atoms in total. The number of rotatable bonds is 7. The predicted octanol–water partition coefficient (Wildman–Crippen LogP) is 3.82. The molecule has 1 atom stereocenters. The number of anilines is 1. The molecular formula is C26H22Cl2N4O4. The third-order valence-corrected chi connectivity index (χ3v) is 6.09. The summed E-state index contributed by atoms with van der Waals surface area (Å²) in [5.41, 5.74) is 8.20. The van der Waals surface area contributed by atoms with Crippen LogP contribution in [0.1, 0.15) is 27.9 Å². The number of fused-ring (bicyclic) bond motifs is 1. The zero-order valence-electron chi connectivity index (χ0n) is 19.2. The van der Waals surface area contributed by atoms with Crippen molar-refractivity contribution in [3.8, 4) is 5.75 Å². The maximum Gasteiger partial charge on any atom is 0.272 e. The lowest BCUT2D eigenvalue weighted by atomic mass is 9.99. The van der Waals surface area contributed by atoms with Crippen molar-refractivity contribution in [3.63, 3.8) is 0 Å². The van der Waals surface area contributed by atoms with E-state index in [9.17, 15) is 14.4 Å². The van der Waals surface area contributed by atoms with Crippen molar-refractivity contribution in [3.05, 3.63) is 93.5 Å². The first-order chi connectivity index (χ1) is 17.2. The first-order valence-electron chi connectivity index (χ1n) is 11.0. The summed E-state index contributed by atoms with van der Waals surface area (Å²) >= 11 is 12.0. The molecule has 1 heterocycles. The number of aliphatic imine (C=N–C) groups is 1. The largest absolute Gasteiger partial charge is 0.491 e. The minimum Gasteiger partial charge on any atom is -0.491 e. The van der Waals surface area contributed by atoms with Gasteiger partial charge in [0.2, 0.25) is 18.0 Å². The molecule has 0 saturated heterocycles. The highest BCUT2D eigenvalue weighted by molar-refractivity contribution is 6.35. The average molecular weight is 525 g/mol. The molecule has 0 bridgehead atoms. The average Bonchev–Trinajstić information content (AvgIpc) is 2.96. The van der Waals surface area contributed by atoms with Gasteiger partial charge in [-0.2, -0.15) is 0 Å². The Morgan fingerprint density at radius 1 is 1.08 bits per heavy atom. The molecule has 1 unspecified atom stereocenters. The molecule has 3 aromatic rings. The molecule has 184 valence electrons.